The maximum absolute atomic E-state index is 13.1. The third-order valence-electron chi connectivity index (χ3n) is 4.01. The number of nitrogens with zero attached hydrogens (tertiary/aromatic N) is 4. The van der Waals surface area contributed by atoms with E-state index < -0.39 is 27.8 Å². The van der Waals surface area contributed by atoms with Crippen LogP contribution in [0.4, 0.5) is 10.6 Å². The number of anilines is 1. The predicted octanol–water partition coefficient (Wildman–Crippen LogP) is 6.52. The van der Waals surface area contributed by atoms with Crippen LogP contribution in [-0.4, -0.2) is 37.2 Å². The molecule has 0 N–H and O–H groups in total. The van der Waals surface area contributed by atoms with E-state index in [1.807, 2.05) is 20.8 Å². The molecule has 0 aliphatic rings. The van der Waals surface area contributed by atoms with Crippen LogP contribution in [0.1, 0.15) is 52.2 Å². The van der Waals surface area contributed by atoms with Gasteiger partial charge in [-0.1, -0.05) is 4.40 Å². The number of furan rings is 1. The molecule has 0 saturated carbocycles. The number of fused-ring (bicyclic) bond motifs is 1. The first-order chi connectivity index (χ1) is 15.3. The number of ether oxygens (including phenoxy) is 1. The molecule has 0 aromatic carbocycles. The number of hydrogen-bond acceptors (Lipinski definition) is 8. The minimum atomic E-state index is -1.43. The van der Waals surface area contributed by atoms with Crippen LogP contribution in [0.5, 0.6) is 0 Å². The molecule has 3 heterocycles. The van der Waals surface area contributed by atoms with E-state index in [2.05, 4.69) is 30.3 Å². The van der Waals surface area contributed by atoms with Gasteiger partial charge in [0.05, 0.1) is 33.1 Å². The third-order valence-corrected chi connectivity index (χ3v) is 7.70. The summed E-state index contributed by atoms with van der Waals surface area (Å²) in [5.74, 6) is 0.819. The van der Waals surface area contributed by atoms with Crippen molar-refractivity contribution >= 4 is 78.6 Å². The Kier molecular flexibility index (Phi) is 7.79. The van der Waals surface area contributed by atoms with E-state index in [4.69, 9.17) is 20.8 Å². The van der Waals surface area contributed by atoms with Crippen LogP contribution in [0.25, 0.3) is 10.2 Å². The second-order valence-corrected chi connectivity index (χ2v) is 13.1. The lowest BCUT2D eigenvalue weighted by atomic mass is 10.2. The SMILES string of the molecule is CC(C)(C)OC(=O)N(Cc1ccco1)c1nc(Cl)nc2c(Br)c(C=N[S+]([O-])C(C)(C)C)sc12. The number of rotatable bonds is 5. The van der Waals surface area contributed by atoms with Crippen molar-refractivity contribution < 1.29 is 18.5 Å². The van der Waals surface area contributed by atoms with E-state index in [0.717, 1.165) is 0 Å². The van der Waals surface area contributed by atoms with Crippen molar-refractivity contribution in [3.8, 4) is 0 Å². The highest BCUT2D eigenvalue weighted by atomic mass is 79.9. The second-order valence-electron chi connectivity index (χ2n) is 9.02. The highest BCUT2D eigenvalue weighted by Crippen LogP contribution is 2.40. The van der Waals surface area contributed by atoms with Gasteiger partial charge in [0.25, 0.3) is 0 Å². The average molecular weight is 576 g/mol. The number of thiophene rings is 1. The number of amides is 1. The van der Waals surface area contributed by atoms with Crippen LogP contribution in [0.15, 0.2) is 31.7 Å². The fourth-order valence-corrected chi connectivity index (χ4v) is 5.06. The summed E-state index contributed by atoms with van der Waals surface area (Å²) in [6, 6.07) is 3.48. The van der Waals surface area contributed by atoms with E-state index in [-0.39, 0.29) is 17.6 Å². The lowest BCUT2D eigenvalue weighted by Gasteiger charge is -2.26. The van der Waals surface area contributed by atoms with E-state index in [1.54, 1.807) is 32.9 Å². The van der Waals surface area contributed by atoms with Crippen LogP contribution >= 0.6 is 38.9 Å². The first kappa shape index (κ1) is 26.0. The molecule has 1 unspecified atom stereocenters. The van der Waals surface area contributed by atoms with Crippen molar-refractivity contribution in [1.29, 1.82) is 0 Å². The lowest BCUT2D eigenvalue weighted by Crippen LogP contribution is -2.37. The number of halogens is 2. The number of hydrogen-bond donors (Lipinski definition) is 0. The molecule has 0 aliphatic carbocycles. The smallest absolute Gasteiger partial charge is 0.416 e. The molecule has 1 amide bonds. The van der Waals surface area contributed by atoms with Crippen LogP contribution in [0.2, 0.25) is 5.28 Å². The van der Waals surface area contributed by atoms with Crippen molar-refractivity contribution in [2.24, 2.45) is 4.40 Å². The Morgan fingerprint density at radius 2 is 2.06 bits per heavy atom. The molecule has 0 fully saturated rings. The summed E-state index contributed by atoms with van der Waals surface area (Å²) in [6.07, 6.45) is 2.44. The summed E-state index contributed by atoms with van der Waals surface area (Å²) in [7, 11) is 0. The van der Waals surface area contributed by atoms with E-state index in [0.29, 0.717) is 25.3 Å². The van der Waals surface area contributed by atoms with Gasteiger partial charge in [-0.2, -0.15) is 4.98 Å². The first-order valence-electron chi connectivity index (χ1n) is 9.91. The van der Waals surface area contributed by atoms with Gasteiger partial charge in [0.15, 0.2) is 5.82 Å². The Labute approximate surface area is 212 Å². The normalized spacial score (nSPS) is 13.6. The van der Waals surface area contributed by atoms with Crippen LogP contribution in [0.3, 0.4) is 0 Å². The number of aromatic nitrogens is 2. The summed E-state index contributed by atoms with van der Waals surface area (Å²) < 4.78 is 28.3. The van der Waals surface area contributed by atoms with Crippen molar-refractivity contribution in [3.63, 3.8) is 0 Å². The zero-order valence-corrected chi connectivity index (χ0v) is 23.0. The predicted molar refractivity (Wildman–Crippen MR) is 137 cm³/mol. The molecule has 1 atom stereocenters. The summed E-state index contributed by atoms with van der Waals surface area (Å²) in [6.45, 7) is 11.0. The molecule has 0 bridgehead atoms. The fourth-order valence-electron chi connectivity index (χ4n) is 2.55. The van der Waals surface area contributed by atoms with Crippen LogP contribution in [0, 0.1) is 0 Å². The van der Waals surface area contributed by atoms with Gasteiger partial charge in [0, 0.05) is 0 Å². The van der Waals surface area contributed by atoms with E-state index in [1.165, 1.54) is 28.7 Å². The Morgan fingerprint density at radius 3 is 2.64 bits per heavy atom. The summed E-state index contributed by atoms with van der Waals surface area (Å²) >= 11 is 9.63. The monoisotopic (exact) mass is 574 g/mol. The molecule has 0 radical (unpaired) electrons. The second kappa shape index (κ2) is 9.91. The maximum atomic E-state index is 13.1. The highest BCUT2D eigenvalue weighted by molar-refractivity contribution is 9.10. The molecule has 8 nitrogen and oxygen atoms in total. The van der Waals surface area contributed by atoms with Crippen molar-refractivity contribution in [1.82, 2.24) is 9.97 Å². The molecule has 0 aliphatic heterocycles. The van der Waals surface area contributed by atoms with Crippen LogP contribution < -0.4 is 4.90 Å². The quantitative estimate of drug-likeness (QED) is 0.195. The van der Waals surface area contributed by atoms with Gasteiger partial charge >= 0.3 is 6.09 Å². The Hall–Kier alpha value is -1.66. The van der Waals surface area contributed by atoms with Gasteiger partial charge in [0.1, 0.15) is 33.0 Å². The zero-order chi connectivity index (χ0) is 24.6. The first-order valence-corrected chi connectivity index (χ1v) is 13.0. The largest absolute Gasteiger partial charge is 0.591 e. The molecule has 3 rings (SSSR count). The fraction of sp³-hybridized carbons (Fsp3) is 0.429. The molecule has 0 saturated heterocycles. The molecule has 12 heteroatoms. The molecule has 0 spiro atoms. The topological polar surface area (TPSA) is 104 Å². The average Bonchev–Trinajstić information content (AvgIpc) is 3.30. The molecule has 33 heavy (non-hydrogen) atoms. The van der Waals surface area contributed by atoms with Crippen LogP contribution in [-0.2, 0) is 22.6 Å². The van der Waals surface area contributed by atoms with Gasteiger partial charge in [0.2, 0.25) is 5.28 Å². The Morgan fingerprint density at radius 1 is 1.36 bits per heavy atom. The summed E-state index contributed by atoms with van der Waals surface area (Å²) in [5, 5.41) is -0.0363. The minimum absolute atomic E-state index is 0.0363. The van der Waals surface area contributed by atoms with E-state index >= 15 is 0 Å². The van der Waals surface area contributed by atoms with Crippen molar-refractivity contribution in [2.75, 3.05) is 4.90 Å². The van der Waals surface area contributed by atoms with Gasteiger partial charge < -0.3 is 13.7 Å². The van der Waals surface area contributed by atoms with Gasteiger partial charge in [-0.15, -0.1) is 11.3 Å². The number of carbonyl (C=O) groups is 1. The lowest BCUT2D eigenvalue weighted by molar-refractivity contribution is 0.0574. The van der Waals surface area contributed by atoms with Gasteiger partial charge in [-0.05, 0) is 81.2 Å². The molecular weight excluding hydrogens is 552 g/mol. The maximum Gasteiger partial charge on any atom is 0.416 e. The van der Waals surface area contributed by atoms with Crippen molar-refractivity contribution in [2.45, 2.75) is 58.4 Å². The van der Waals surface area contributed by atoms with E-state index in [9.17, 15) is 9.35 Å². The highest BCUT2D eigenvalue weighted by Gasteiger charge is 2.30. The summed E-state index contributed by atoms with van der Waals surface area (Å²) in [5.41, 5.74) is -0.217. The Balaban J connectivity index is 2.11. The zero-order valence-electron chi connectivity index (χ0n) is 19.0. The van der Waals surface area contributed by atoms with Gasteiger partial charge in [-0.3, -0.25) is 4.90 Å². The molecule has 178 valence electrons. The van der Waals surface area contributed by atoms with Crippen molar-refractivity contribution in [3.05, 3.63) is 38.8 Å². The Bertz CT molecular complexity index is 1170. The standard InChI is InChI=1S/C21H24BrClN4O4S2/c1-20(2,3)31-19(28)27(11-12-8-7-9-30-12)17-16-15(25-18(23)26-17)14(22)13(32-16)10-24-33(29)21(4,5)6/h7-10H,11H2,1-6H3. The minimum Gasteiger partial charge on any atom is -0.591 e. The third kappa shape index (κ3) is 6.48. The molecule has 3 aromatic heterocycles. The van der Waals surface area contributed by atoms with Gasteiger partial charge in [-0.25, -0.2) is 9.78 Å². The molecule has 3 aromatic rings. The molecular formula is C21H24BrClN4O4S2. The summed E-state index contributed by atoms with van der Waals surface area (Å²) in [4.78, 5) is 23.8. The number of carbonyl (C=O) groups excluding carboxylic acids is 1.